The number of Topliss-reactive ketones (excluding diaryl/α,β-unsaturated/α-hetero) is 1. The monoisotopic (exact) mass is 312 g/mol. The fraction of sp³-hybridized carbons (Fsp3) is 0.643. The number of ketones is 1. The van der Waals surface area contributed by atoms with Crippen molar-refractivity contribution >= 4 is 28.2 Å². The Balaban J connectivity index is 2.32. The van der Waals surface area contributed by atoms with Crippen molar-refractivity contribution in [2.45, 2.75) is 32.7 Å². The molecule has 1 unspecified atom stereocenters. The molecule has 0 bridgehead atoms. The number of rotatable bonds is 8. The number of anilines is 1. The van der Waals surface area contributed by atoms with Crippen molar-refractivity contribution in [3.63, 3.8) is 0 Å². The van der Waals surface area contributed by atoms with E-state index in [4.69, 9.17) is 4.74 Å². The van der Waals surface area contributed by atoms with Crippen LogP contribution in [0, 0.1) is 5.92 Å². The van der Waals surface area contributed by atoms with Gasteiger partial charge in [-0.1, -0.05) is 11.3 Å². The standard InChI is InChI=1S/C14H20N2O4S/c1-8(10-4-5-10)16(6-7-20-3)14-15-11(13(18)19)12(21-14)9(2)17/h8,10H,4-7H2,1-3H3,(H,18,19). The summed E-state index contributed by atoms with van der Waals surface area (Å²) >= 11 is 1.16. The lowest BCUT2D eigenvalue weighted by Gasteiger charge is -2.28. The van der Waals surface area contributed by atoms with Gasteiger partial charge in [0.1, 0.15) is 4.88 Å². The smallest absolute Gasteiger partial charge is 0.356 e. The number of thiazole rings is 1. The maximum Gasteiger partial charge on any atom is 0.356 e. The maximum absolute atomic E-state index is 11.6. The summed E-state index contributed by atoms with van der Waals surface area (Å²) in [5.41, 5.74) is -0.145. The first-order valence-corrected chi connectivity index (χ1v) is 7.78. The highest BCUT2D eigenvalue weighted by Crippen LogP contribution is 2.38. The molecule has 21 heavy (non-hydrogen) atoms. The molecule has 7 heteroatoms. The van der Waals surface area contributed by atoms with Crippen molar-refractivity contribution in [2.24, 2.45) is 5.92 Å². The Labute approximate surface area is 127 Å². The van der Waals surface area contributed by atoms with Crippen LogP contribution >= 0.6 is 11.3 Å². The number of carbonyl (C=O) groups excluding carboxylic acids is 1. The normalized spacial score (nSPS) is 15.8. The highest BCUT2D eigenvalue weighted by atomic mass is 32.1. The molecule has 1 aliphatic rings. The lowest BCUT2D eigenvalue weighted by atomic mass is 10.2. The van der Waals surface area contributed by atoms with E-state index in [1.165, 1.54) is 19.8 Å². The van der Waals surface area contributed by atoms with Crippen LogP contribution in [0.25, 0.3) is 0 Å². The molecule has 0 spiro atoms. The van der Waals surface area contributed by atoms with Gasteiger partial charge in [0.05, 0.1) is 6.61 Å². The second-order valence-electron chi connectivity index (χ2n) is 5.30. The van der Waals surface area contributed by atoms with Crippen molar-refractivity contribution in [1.82, 2.24) is 4.98 Å². The van der Waals surface area contributed by atoms with Crippen molar-refractivity contribution in [1.29, 1.82) is 0 Å². The van der Waals surface area contributed by atoms with Crippen LogP contribution < -0.4 is 4.90 Å². The van der Waals surface area contributed by atoms with E-state index in [2.05, 4.69) is 16.8 Å². The molecule has 0 amide bonds. The second-order valence-corrected chi connectivity index (χ2v) is 6.28. The topological polar surface area (TPSA) is 79.7 Å². The number of hydrogen-bond acceptors (Lipinski definition) is 6. The van der Waals surface area contributed by atoms with Gasteiger partial charge in [-0.05, 0) is 25.7 Å². The maximum atomic E-state index is 11.6. The summed E-state index contributed by atoms with van der Waals surface area (Å²) in [4.78, 5) is 29.3. The van der Waals surface area contributed by atoms with Crippen molar-refractivity contribution in [3.8, 4) is 0 Å². The van der Waals surface area contributed by atoms with Crippen LogP contribution in [0.1, 0.15) is 46.8 Å². The van der Waals surface area contributed by atoms with E-state index < -0.39 is 5.97 Å². The molecule has 1 aliphatic carbocycles. The number of aromatic nitrogens is 1. The summed E-state index contributed by atoms with van der Waals surface area (Å²) in [5.74, 6) is -0.810. The van der Waals surface area contributed by atoms with Crippen LogP contribution in [0.15, 0.2) is 0 Å². The van der Waals surface area contributed by atoms with Gasteiger partial charge < -0.3 is 14.7 Å². The first-order valence-electron chi connectivity index (χ1n) is 6.96. The number of carbonyl (C=O) groups is 2. The Morgan fingerprint density at radius 2 is 2.19 bits per heavy atom. The summed E-state index contributed by atoms with van der Waals surface area (Å²) < 4.78 is 5.13. The molecule has 0 aliphatic heterocycles. The summed E-state index contributed by atoms with van der Waals surface area (Å²) in [6, 6.07) is 0.271. The summed E-state index contributed by atoms with van der Waals surface area (Å²) in [6.07, 6.45) is 2.36. The molecule has 1 fully saturated rings. The summed E-state index contributed by atoms with van der Waals surface area (Å²) in [5, 5.41) is 9.79. The summed E-state index contributed by atoms with van der Waals surface area (Å²) in [7, 11) is 1.63. The first-order chi connectivity index (χ1) is 9.95. The van der Waals surface area contributed by atoms with E-state index in [9.17, 15) is 14.7 Å². The van der Waals surface area contributed by atoms with Gasteiger partial charge in [-0.25, -0.2) is 9.78 Å². The van der Waals surface area contributed by atoms with Gasteiger partial charge in [0.25, 0.3) is 0 Å². The zero-order chi connectivity index (χ0) is 15.6. The lowest BCUT2D eigenvalue weighted by molar-refractivity contribution is 0.0687. The molecule has 0 radical (unpaired) electrons. The third-order valence-electron chi connectivity index (χ3n) is 3.72. The fourth-order valence-electron chi connectivity index (χ4n) is 2.31. The minimum absolute atomic E-state index is 0.145. The highest BCUT2D eigenvalue weighted by molar-refractivity contribution is 7.17. The molecule has 1 aromatic heterocycles. The molecule has 1 N–H and O–H groups in total. The van der Waals surface area contributed by atoms with Gasteiger partial charge in [0, 0.05) is 26.6 Å². The van der Waals surface area contributed by atoms with Crippen LogP contribution in [-0.4, -0.2) is 48.1 Å². The number of methoxy groups -OCH3 is 1. The molecule has 0 aromatic carbocycles. The predicted molar refractivity (Wildman–Crippen MR) is 80.5 cm³/mol. The quantitative estimate of drug-likeness (QED) is 0.742. The SMILES string of the molecule is COCCN(c1nc(C(=O)O)c(C(C)=O)s1)C(C)C1CC1. The molecule has 0 saturated heterocycles. The van der Waals surface area contributed by atoms with E-state index in [-0.39, 0.29) is 22.4 Å². The summed E-state index contributed by atoms with van der Waals surface area (Å²) in [6.45, 7) is 4.66. The van der Waals surface area contributed by atoms with E-state index in [0.717, 1.165) is 11.3 Å². The molecule has 1 aromatic rings. The molecule has 6 nitrogen and oxygen atoms in total. The van der Waals surface area contributed by atoms with Gasteiger partial charge in [-0.15, -0.1) is 0 Å². The van der Waals surface area contributed by atoms with Gasteiger partial charge >= 0.3 is 5.97 Å². The van der Waals surface area contributed by atoms with Gasteiger partial charge in [-0.3, -0.25) is 4.79 Å². The fourth-order valence-corrected chi connectivity index (χ4v) is 3.38. The van der Waals surface area contributed by atoms with Crippen molar-refractivity contribution < 1.29 is 19.4 Å². The van der Waals surface area contributed by atoms with Crippen molar-refractivity contribution in [3.05, 3.63) is 10.6 Å². The third-order valence-corrected chi connectivity index (χ3v) is 4.91. The van der Waals surface area contributed by atoms with E-state index in [1.54, 1.807) is 7.11 Å². The molecule has 1 heterocycles. The van der Waals surface area contributed by atoms with E-state index in [1.807, 2.05) is 0 Å². The van der Waals surface area contributed by atoms with Gasteiger partial charge in [-0.2, -0.15) is 0 Å². The number of carboxylic acid groups (broad SMARTS) is 1. The van der Waals surface area contributed by atoms with Crippen LogP contribution in [-0.2, 0) is 4.74 Å². The van der Waals surface area contributed by atoms with Crippen LogP contribution in [0.4, 0.5) is 5.13 Å². The zero-order valence-electron chi connectivity index (χ0n) is 12.5. The van der Waals surface area contributed by atoms with Crippen molar-refractivity contribution in [2.75, 3.05) is 25.2 Å². The van der Waals surface area contributed by atoms with Crippen LogP contribution in [0.2, 0.25) is 0 Å². The molecule has 1 saturated carbocycles. The van der Waals surface area contributed by atoms with E-state index >= 15 is 0 Å². The number of ether oxygens (including phenoxy) is 1. The molecule has 1 atom stereocenters. The average molecular weight is 312 g/mol. The molecular formula is C14H20N2O4S. The highest BCUT2D eigenvalue weighted by Gasteiger charge is 2.34. The number of hydrogen-bond donors (Lipinski definition) is 1. The minimum atomic E-state index is -1.16. The first kappa shape index (κ1) is 15.9. The Bertz CT molecular complexity index is 508. The number of carboxylic acids is 1. The molecule has 116 valence electrons. The van der Waals surface area contributed by atoms with E-state index in [0.29, 0.717) is 24.2 Å². The lowest BCUT2D eigenvalue weighted by Crippen LogP contribution is -2.37. The average Bonchev–Trinajstić information content (AvgIpc) is 3.17. The van der Waals surface area contributed by atoms with Gasteiger partial charge in [0.2, 0.25) is 0 Å². The molecular weight excluding hydrogens is 292 g/mol. The van der Waals surface area contributed by atoms with Crippen LogP contribution in [0.3, 0.4) is 0 Å². The second kappa shape index (κ2) is 6.53. The minimum Gasteiger partial charge on any atom is -0.476 e. The zero-order valence-corrected chi connectivity index (χ0v) is 13.3. The number of nitrogens with zero attached hydrogens (tertiary/aromatic N) is 2. The predicted octanol–water partition coefficient (Wildman–Crippen LogP) is 2.30. The Kier molecular flexibility index (Phi) is 4.95. The third kappa shape index (κ3) is 3.59. The Morgan fingerprint density at radius 1 is 1.52 bits per heavy atom. The Morgan fingerprint density at radius 3 is 2.62 bits per heavy atom. The molecule has 2 rings (SSSR count). The van der Waals surface area contributed by atoms with Gasteiger partial charge in [0.15, 0.2) is 16.6 Å². The Hall–Kier alpha value is -1.47. The largest absolute Gasteiger partial charge is 0.476 e. The van der Waals surface area contributed by atoms with Crippen LogP contribution in [0.5, 0.6) is 0 Å². The number of aromatic carboxylic acids is 1.